The topological polar surface area (TPSA) is 15.3 Å². The number of terminal acetylenes is 1. The monoisotopic (exact) mass is 208 g/mol. The fourth-order valence-electron chi connectivity index (χ4n) is 2.17. The summed E-state index contributed by atoms with van der Waals surface area (Å²) < 4.78 is 0. The minimum absolute atomic E-state index is 0.263. The molecule has 2 heteroatoms. The second-order valence-corrected chi connectivity index (χ2v) is 4.92. The van der Waals surface area contributed by atoms with Crippen LogP contribution in [0.3, 0.4) is 0 Å². The Bertz CT molecular complexity index is 231. The van der Waals surface area contributed by atoms with E-state index in [1.54, 1.807) is 0 Å². The third-order valence-corrected chi connectivity index (χ3v) is 3.54. The van der Waals surface area contributed by atoms with Crippen LogP contribution in [-0.2, 0) is 0 Å². The van der Waals surface area contributed by atoms with Crippen LogP contribution in [0.25, 0.3) is 0 Å². The first-order chi connectivity index (χ1) is 7.11. The molecule has 1 fully saturated rings. The summed E-state index contributed by atoms with van der Waals surface area (Å²) in [6, 6.07) is 0.515. The van der Waals surface area contributed by atoms with Gasteiger partial charge < -0.3 is 5.32 Å². The Morgan fingerprint density at radius 3 is 2.93 bits per heavy atom. The summed E-state index contributed by atoms with van der Waals surface area (Å²) in [6.45, 7) is 10.2. The lowest BCUT2D eigenvalue weighted by atomic mass is 9.98. The van der Waals surface area contributed by atoms with E-state index >= 15 is 0 Å². The van der Waals surface area contributed by atoms with Crippen LogP contribution < -0.4 is 5.32 Å². The Kier molecular flexibility index (Phi) is 4.63. The maximum absolute atomic E-state index is 5.38. The van der Waals surface area contributed by atoms with Gasteiger partial charge in [-0.2, -0.15) is 0 Å². The predicted molar refractivity (Wildman–Crippen MR) is 65.8 cm³/mol. The zero-order valence-electron chi connectivity index (χ0n) is 10.3. The SMILES string of the molecule is C#CCC(C)N1CCCNC(C)(CC)C1. The molecule has 0 aromatic heterocycles. The molecule has 2 nitrogen and oxygen atoms in total. The van der Waals surface area contributed by atoms with E-state index in [9.17, 15) is 0 Å². The summed E-state index contributed by atoms with van der Waals surface area (Å²) in [7, 11) is 0. The highest BCUT2D eigenvalue weighted by molar-refractivity contribution is 4.93. The lowest BCUT2D eigenvalue weighted by molar-refractivity contribution is 0.171. The summed E-state index contributed by atoms with van der Waals surface area (Å²) in [4.78, 5) is 2.53. The van der Waals surface area contributed by atoms with Gasteiger partial charge in [-0.1, -0.05) is 6.92 Å². The summed E-state index contributed by atoms with van der Waals surface area (Å²) in [5, 5.41) is 3.64. The predicted octanol–water partition coefficient (Wildman–Crippen LogP) is 1.86. The average Bonchev–Trinajstić information content (AvgIpc) is 2.42. The third-order valence-electron chi connectivity index (χ3n) is 3.54. The molecule has 1 N–H and O–H groups in total. The van der Waals surface area contributed by atoms with Crippen molar-refractivity contribution in [2.45, 2.75) is 51.6 Å². The van der Waals surface area contributed by atoms with Gasteiger partial charge in [-0.25, -0.2) is 0 Å². The Balaban J connectivity index is 2.61. The minimum atomic E-state index is 0.263. The van der Waals surface area contributed by atoms with Gasteiger partial charge in [-0.3, -0.25) is 4.90 Å². The van der Waals surface area contributed by atoms with Crippen molar-refractivity contribution in [1.29, 1.82) is 0 Å². The Labute approximate surface area is 94.4 Å². The van der Waals surface area contributed by atoms with Crippen LogP contribution >= 0.6 is 0 Å². The molecule has 86 valence electrons. The summed E-state index contributed by atoms with van der Waals surface area (Å²) in [5.74, 6) is 2.77. The fourth-order valence-corrected chi connectivity index (χ4v) is 2.17. The van der Waals surface area contributed by atoms with E-state index in [0.717, 1.165) is 19.5 Å². The van der Waals surface area contributed by atoms with Gasteiger partial charge in [0.15, 0.2) is 0 Å². The normalized spacial score (nSPS) is 30.5. The molecule has 0 bridgehead atoms. The van der Waals surface area contributed by atoms with Gasteiger partial charge in [-0.15, -0.1) is 12.3 Å². The summed E-state index contributed by atoms with van der Waals surface area (Å²) >= 11 is 0. The van der Waals surface area contributed by atoms with E-state index in [4.69, 9.17) is 6.42 Å². The number of nitrogens with one attached hydrogen (secondary N) is 1. The van der Waals surface area contributed by atoms with Crippen molar-refractivity contribution in [3.63, 3.8) is 0 Å². The fraction of sp³-hybridized carbons (Fsp3) is 0.846. The third kappa shape index (κ3) is 3.52. The van der Waals surface area contributed by atoms with Crippen LogP contribution in [0.4, 0.5) is 0 Å². The Morgan fingerprint density at radius 1 is 1.60 bits per heavy atom. The van der Waals surface area contributed by atoms with Crippen LogP contribution in [0.2, 0.25) is 0 Å². The van der Waals surface area contributed by atoms with Crippen LogP contribution in [0.15, 0.2) is 0 Å². The largest absolute Gasteiger partial charge is 0.310 e. The molecule has 0 aromatic carbocycles. The molecule has 1 saturated heterocycles. The van der Waals surface area contributed by atoms with Crippen molar-refractivity contribution < 1.29 is 0 Å². The lowest BCUT2D eigenvalue weighted by Gasteiger charge is -2.35. The van der Waals surface area contributed by atoms with E-state index in [1.165, 1.54) is 19.4 Å². The second-order valence-electron chi connectivity index (χ2n) is 4.92. The highest BCUT2D eigenvalue weighted by Gasteiger charge is 2.28. The number of nitrogens with zero attached hydrogens (tertiary/aromatic N) is 1. The molecule has 0 saturated carbocycles. The van der Waals surface area contributed by atoms with Gasteiger partial charge >= 0.3 is 0 Å². The maximum atomic E-state index is 5.38. The quantitative estimate of drug-likeness (QED) is 0.712. The van der Waals surface area contributed by atoms with Crippen molar-refractivity contribution in [1.82, 2.24) is 10.2 Å². The zero-order valence-corrected chi connectivity index (χ0v) is 10.3. The molecule has 0 spiro atoms. The maximum Gasteiger partial charge on any atom is 0.0277 e. The van der Waals surface area contributed by atoms with Crippen molar-refractivity contribution in [2.75, 3.05) is 19.6 Å². The molecule has 2 atom stereocenters. The summed E-state index contributed by atoms with van der Waals surface area (Å²) in [5.41, 5.74) is 0.263. The van der Waals surface area contributed by atoms with Gasteiger partial charge in [0.25, 0.3) is 0 Å². The molecule has 0 amide bonds. The first-order valence-electron chi connectivity index (χ1n) is 6.04. The first kappa shape index (κ1) is 12.5. The van der Waals surface area contributed by atoms with Gasteiger partial charge in [0, 0.05) is 24.5 Å². The van der Waals surface area contributed by atoms with E-state index in [0.29, 0.717) is 6.04 Å². The Hall–Kier alpha value is -0.520. The van der Waals surface area contributed by atoms with E-state index in [1.807, 2.05) is 0 Å². The average molecular weight is 208 g/mol. The summed E-state index contributed by atoms with van der Waals surface area (Å²) in [6.07, 6.45) is 8.64. The van der Waals surface area contributed by atoms with Crippen LogP contribution in [-0.4, -0.2) is 36.1 Å². The molecule has 0 aromatic rings. The van der Waals surface area contributed by atoms with Crippen LogP contribution in [0.1, 0.15) is 40.0 Å². The number of hydrogen-bond donors (Lipinski definition) is 1. The van der Waals surface area contributed by atoms with Crippen LogP contribution in [0, 0.1) is 12.3 Å². The van der Waals surface area contributed by atoms with Crippen molar-refractivity contribution in [3.8, 4) is 12.3 Å². The van der Waals surface area contributed by atoms with E-state index in [-0.39, 0.29) is 5.54 Å². The van der Waals surface area contributed by atoms with E-state index in [2.05, 4.69) is 36.9 Å². The molecule has 1 aliphatic heterocycles. The zero-order chi connectivity index (χ0) is 11.3. The highest BCUT2D eigenvalue weighted by atomic mass is 15.2. The second kappa shape index (κ2) is 5.53. The standard InChI is InChI=1S/C13H24N2/c1-5-8-12(3)15-10-7-9-14-13(4,6-2)11-15/h1,12,14H,6-11H2,2-4H3. The van der Waals surface area contributed by atoms with Gasteiger partial charge in [0.1, 0.15) is 0 Å². The van der Waals surface area contributed by atoms with Gasteiger partial charge in [-0.05, 0) is 39.8 Å². The van der Waals surface area contributed by atoms with Crippen LogP contribution in [0.5, 0.6) is 0 Å². The molecule has 0 aliphatic carbocycles. The molecule has 1 aliphatic rings. The first-order valence-corrected chi connectivity index (χ1v) is 6.04. The molecular formula is C13H24N2. The number of rotatable bonds is 3. The molecule has 1 heterocycles. The smallest absolute Gasteiger partial charge is 0.0277 e. The number of hydrogen-bond acceptors (Lipinski definition) is 2. The van der Waals surface area contributed by atoms with Crippen molar-refractivity contribution in [2.24, 2.45) is 0 Å². The lowest BCUT2D eigenvalue weighted by Crippen LogP contribution is -2.50. The van der Waals surface area contributed by atoms with Crippen molar-refractivity contribution in [3.05, 3.63) is 0 Å². The van der Waals surface area contributed by atoms with Gasteiger partial charge in [0.05, 0.1) is 0 Å². The Morgan fingerprint density at radius 2 is 2.33 bits per heavy atom. The molecule has 1 rings (SSSR count). The van der Waals surface area contributed by atoms with Crippen molar-refractivity contribution >= 4 is 0 Å². The molecule has 0 radical (unpaired) electrons. The van der Waals surface area contributed by atoms with Gasteiger partial charge in [0.2, 0.25) is 0 Å². The van der Waals surface area contributed by atoms with E-state index < -0.39 is 0 Å². The minimum Gasteiger partial charge on any atom is -0.310 e. The molecule has 2 unspecified atom stereocenters. The molecule has 15 heavy (non-hydrogen) atoms. The highest BCUT2D eigenvalue weighted by Crippen LogP contribution is 2.17. The molecular weight excluding hydrogens is 184 g/mol.